The van der Waals surface area contributed by atoms with Crippen LogP contribution in [0.1, 0.15) is 36.0 Å². The predicted molar refractivity (Wildman–Crippen MR) is 84.5 cm³/mol. The number of nitrogens with one attached hydrogen (secondary N) is 2. The van der Waals surface area contributed by atoms with Crippen LogP contribution >= 0.6 is 0 Å². The van der Waals surface area contributed by atoms with Gasteiger partial charge in [0.15, 0.2) is 0 Å². The maximum atomic E-state index is 11.9. The third-order valence-electron chi connectivity index (χ3n) is 3.71. The minimum atomic E-state index is -3.34. The number of methoxy groups -OCH3 is 1. The number of hydrogen-bond acceptors (Lipinski definition) is 4. The summed E-state index contributed by atoms with van der Waals surface area (Å²) in [5.74, 6) is 0.268. The monoisotopic (exact) mass is 326 g/mol. The van der Waals surface area contributed by atoms with Gasteiger partial charge in [0.25, 0.3) is 5.91 Å². The van der Waals surface area contributed by atoms with Crippen molar-refractivity contribution in [1.82, 2.24) is 10.0 Å². The first-order valence-corrected chi connectivity index (χ1v) is 9.07. The van der Waals surface area contributed by atoms with Gasteiger partial charge in [-0.1, -0.05) is 12.8 Å². The number of carbonyl (C=O) groups is 1. The van der Waals surface area contributed by atoms with Gasteiger partial charge in [0, 0.05) is 18.2 Å². The zero-order valence-electron chi connectivity index (χ0n) is 12.7. The molecule has 1 fully saturated rings. The van der Waals surface area contributed by atoms with E-state index in [2.05, 4.69) is 10.0 Å². The second kappa shape index (κ2) is 7.60. The summed E-state index contributed by atoms with van der Waals surface area (Å²) in [6.45, 7) is 0.0902. The van der Waals surface area contributed by atoms with E-state index in [-0.39, 0.29) is 24.2 Å². The summed E-state index contributed by atoms with van der Waals surface area (Å²) >= 11 is 0. The number of amides is 1. The largest absolute Gasteiger partial charge is 0.497 e. The molecule has 1 aliphatic carbocycles. The Balaban J connectivity index is 1.77. The Morgan fingerprint density at radius 2 is 1.86 bits per heavy atom. The van der Waals surface area contributed by atoms with Crippen LogP contribution in [0.5, 0.6) is 5.75 Å². The van der Waals surface area contributed by atoms with E-state index in [0.717, 1.165) is 25.7 Å². The van der Waals surface area contributed by atoms with E-state index < -0.39 is 10.0 Å². The molecule has 7 heteroatoms. The summed E-state index contributed by atoms with van der Waals surface area (Å²) in [6, 6.07) is 6.71. The second-order valence-corrected chi connectivity index (χ2v) is 7.28. The van der Waals surface area contributed by atoms with E-state index in [1.165, 1.54) is 0 Å². The molecule has 2 N–H and O–H groups in total. The summed E-state index contributed by atoms with van der Waals surface area (Å²) < 4.78 is 31.5. The van der Waals surface area contributed by atoms with Crippen LogP contribution in [0.2, 0.25) is 0 Å². The van der Waals surface area contributed by atoms with Gasteiger partial charge in [-0.2, -0.15) is 0 Å². The molecule has 0 saturated heterocycles. The lowest BCUT2D eigenvalue weighted by molar-refractivity contribution is 0.0956. The van der Waals surface area contributed by atoms with Gasteiger partial charge in [0.1, 0.15) is 5.75 Å². The smallest absolute Gasteiger partial charge is 0.251 e. The number of rotatable bonds is 7. The first-order valence-electron chi connectivity index (χ1n) is 7.42. The van der Waals surface area contributed by atoms with Crippen molar-refractivity contribution in [2.75, 3.05) is 19.4 Å². The van der Waals surface area contributed by atoms with Gasteiger partial charge in [0.2, 0.25) is 10.0 Å². The van der Waals surface area contributed by atoms with Gasteiger partial charge in [0.05, 0.1) is 12.9 Å². The molecular formula is C15H22N2O4S. The minimum absolute atomic E-state index is 0.0577. The molecular weight excluding hydrogens is 304 g/mol. The fourth-order valence-electron chi connectivity index (χ4n) is 2.50. The van der Waals surface area contributed by atoms with E-state index in [9.17, 15) is 13.2 Å². The summed E-state index contributed by atoms with van der Waals surface area (Å²) in [5.41, 5.74) is 0.474. The number of sulfonamides is 1. The van der Waals surface area contributed by atoms with Gasteiger partial charge >= 0.3 is 0 Å². The van der Waals surface area contributed by atoms with Crippen LogP contribution in [0, 0.1) is 0 Å². The Morgan fingerprint density at radius 1 is 1.23 bits per heavy atom. The zero-order valence-corrected chi connectivity index (χ0v) is 13.5. The molecule has 1 aliphatic rings. The Bertz CT molecular complexity index is 592. The molecule has 1 saturated carbocycles. The SMILES string of the molecule is COc1ccc(C(=O)NCCS(=O)(=O)NC2CCCC2)cc1. The van der Waals surface area contributed by atoms with Crippen molar-refractivity contribution in [2.45, 2.75) is 31.7 Å². The Hall–Kier alpha value is -1.60. The summed E-state index contributed by atoms with van der Waals surface area (Å²) in [7, 11) is -1.79. The van der Waals surface area contributed by atoms with Gasteiger partial charge in [-0.25, -0.2) is 13.1 Å². The topological polar surface area (TPSA) is 84.5 Å². The van der Waals surface area contributed by atoms with E-state index in [0.29, 0.717) is 11.3 Å². The lowest BCUT2D eigenvalue weighted by atomic mass is 10.2. The van der Waals surface area contributed by atoms with Gasteiger partial charge < -0.3 is 10.1 Å². The van der Waals surface area contributed by atoms with Crippen LogP contribution < -0.4 is 14.8 Å². The molecule has 122 valence electrons. The molecule has 0 bridgehead atoms. The Morgan fingerprint density at radius 3 is 2.45 bits per heavy atom. The maximum absolute atomic E-state index is 11.9. The van der Waals surface area contributed by atoms with Gasteiger partial charge in [-0.3, -0.25) is 4.79 Å². The number of ether oxygens (including phenoxy) is 1. The molecule has 0 heterocycles. The molecule has 1 aromatic rings. The van der Waals surface area contributed by atoms with Gasteiger partial charge in [-0.05, 0) is 37.1 Å². The molecule has 1 amide bonds. The second-order valence-electron chi connectivity index (χ2n) is 5.40. The lowest BCUT2D eigenvalue weighted by Gasteiger charge is -2.12. The fraction of sp³-hybridized carbons (Fsp3) is 0.533. The average Bonchev–Trinajstić information content (AvgIpc) is 2.99. The number of hydrogen-bond donors (Lipinski definition) is 2. The Kier molecular flexibility index (Phi) is 5.79. The highest BCUT2D eigenvalue weighted by atomic mass is 32.2. The first kappa shape index (κ1) is 16.8. The molecule has 22 heavy (non-hydrogen) atoms. The zero-order chi connectivity index (χ0) is 16.0. The van der Waals surface area contributed by atoms with Crippen molar-refractivity contribution >= 4 is 15.9 Å². The lowest BCUT2D eigenvalue weighted by Crippen LogP contribution is -2.38. The minimum Gasteiger partial charge on any atom is -0.497 e. The molecule has 0 atom stereocenters. The molecule has 0 radical (unpaired) electrons. The fourth-order valence-corrected chi connectivity index (χ4v) is 3.73. The molecule has 6 nitrogen and oxygen atoms in total. The van der Waals surface area contributed by atoms with Crippen molar-refractivity contribution in [3.8, 4) is 5.75 Å². The highest BCUT2D eigenvalue weighted by Gasteiger charge is 2.21. The average molecular weight is 326 g/mol. The Labute approximate surface area is 131 Å². The molecule has 0 spiro atoms. The van der Waals surface area contributed by atoms with E-state index >= 15 is 0 Å². The maximum Gasteiger partial charge on any atom is 0.251 e. The van der Waals surface area contributed by atoms with Crippen LogP contribution in [0.15, 0.2) is 24.3 Å². The van der Waals surface area contributed by atoms with Crippen molar-refractivity contribution in [3.63, 3.8) is 0 Å². The van der Waals surface area contributed by atoms with Gasteiger partial charge in [-0.15, -0.1) is 0 Å². The third-order valence-corrected chi connectivity index (χ3v) is 5.14. The van der Waals surface area contributed by atoms with Crippen LogP contribution in [0.3, 0.4) is 0 Å². The summed E-state index contributed by atoms with van der Waals surface area (Å²) in [5, 5.41) is 2.62. The van der Waals surface area contributed by atoms with E-state index in [4.69, 9.17) is 4.74 Å². The first-order chi connectivity index (χ1) is 10.5. The van der Waals surface area contributed by atoms with Crippen molar-refractivity contribution in [2.24, 2.45) is 0 Å². The van der Waals surface area contributed by atoms with E-state index in [1.807, 2.05) is 0 Å². The van der Waals surface area contributed by atoms with Crippen LogP contribution in [0.4, 0.5) is 0 Å². The summed E-state index contributed by atoms with van der Waals surface area (Å²) in [4.78, 5) is 11.9. The highest BCUT2D eigenvalue weighted by molar-refractivity contribution is 7.89. The van der Waals surface area contributed by atoms with Crippen molar-refractivity contribution < 1.29 is 17.9 Å². The number of carbonyl (C=O) groups excluding carboxylic acids is 1. The quantitative estimate of drug-likeness (QED) is 0.791. The summed E-state index contributed by atoms with van der Waals surface area (Å²) in [6.07, 6.45) is 3.94. The normalized spacial score (nSPS) is 15.7. The standard InChI is InChI=1S/C15H22N2O4S/c1-21-14-8-6-12(7-9-14)15(18)16-10-11-22(19,20)17-13-4-2-3-5-13/h6-9,13,17H,2-5,10-11H2,1H3,(H,16,18). The van der Waals surface area contributed by atoms with Crippen LogP contribution in [-0.4, -0.2) is 39.8 Å². The predicted octanol–water partition coefficient (Wildman–Crippen LogP) is 1.29. The van der Waals surface area contributed by atoms with E-state index in [1.54, 1.807) is 31.4 Å². The molecule has 0 aromatic heterocycles. The van der Waals surface area contributed by atoms with Crippen LogP contribution in [-0.2, 0) is 10.0 Å². The molecule has 0 unspecified atom stereocenters. The molecule has 0 aliphatic heterocycles. The van der Waals surface area contributed by atoms with Crippen LogP contribution in [0.25, 0.3) is 0 Å². The third kappa shape index (κ3) is 4.99. The molecule has 1 aromatic carbocycles. The number of benzene rings is 1. The molecule has 2 rings (SSSR count). The van der Waals surface area contributed by atoms with Crippen molar-refractivity contribution in [1.29, 1.82) is 0 Å². The van der Waals surface area contributed by atoms with Crippen molar-refractivity contribution in [3.05, 3.63) is 29.8 Å². The highest BCUT2D eigenvalue weighted by Crippen LogP contribution is 2.18.